The number of para-hydroxylation sites is 1. The zero-order valence-electron chi connectivity index (χ0n) is 13.2. The molecule has 3 aromatic rings. The lowest BCUT2D eigenvalue weighted by atomic mass is 10.1. The number of nitrogens with zero attached hydrogens (tertiary/aromatic N) is 1. The third-order valence-electron chi connectivity index (χ3n) is 4.61. The number of carbonyl (C=O) groups excluding carboxylic acids is 1. The average molecular weight is 306 g/mol. The SMILES string of the molecule is COc1ccc2c(C)c(C(=O)N3CCc4ccccc43)[nH]c2c1. The second-order valence-electron chi connectivity index (χ2n) is 5.87. The number of methoxy groups -OCH3 is 1. The van der Waals surface area contributed by atoms with Gasteiger partial charge >= 0.3 is 0 Å². The molecule has 23 heavy (non-hydrogen) atoms. The minimum Gasteiger partial charge on any atom is -0.497 e. The molecule has 1 amide bonds. The van der Waals surface area contributed by atoms with E-state index in [0.717, 1.165) is 40.9 Å². The smallest absolute Gasteiger partial charge is 0.275 e. The van der Waals surface area contributed by atoms with Crippen LogP contribution in [-0.4, -0.2) is 24.5 Å². The van der Waals surface area contributed by atoms with Crippen LogP contribution in [0.2, 0.25) is 0 Å². The summed E-state index contributed by atoms with van der Waals surface area (Å²) in [7, 11) is 1.64. The van der Waals surface area contributed by atoms with Crippen LogP contribution < -0.4 is 9.64 Å². The monoisotopic (exact) mass is 306 g/mol. The first-order valence-electron chi connectivity index (χ1n) is 7.75. The van der Waals surface area contributed by atoms with Crippen LogP contribution >= 0.6 is 0 Å². The standard InChI is InChI=1S/C19H18N2O2/c1-12-15-8-7-14(23-2)11-16(15)20-18(12)19(22)21-10-9-13-5-3-4-6-17(13)21/h3-8,11,20H,9-10H2,1-2H3. The molecule has 1 aliphatic rings. The van der Waals surface area contributed by atoms with Crippen LogP contribution in [0.5, 0.6) is 5.75 Å². The topological polar surface area (TPSA) is 45.3 Å². The van der Waals surface area contributed by atoms with Gasteiger partial charge in [-0.2, -0.15) is 0 Å². The van der Waals surface area contributed by atoms with E-state index in [1.807, 2.05) is 48.2 Å². The Bertz CT molecular complexity index is 911. The largest absolute Gasteiger partial charge is 0.497 e. The number of rotatable bonds is 2. The Kier molecular flexibility index (Phi) is 3.11. The van der Waals surface area contributed by atoms with E-state index in [1.165, 1.54) is 5.56 Å². The van der Waals surface area contributed by atoms with Crippen LogP contribution in [-0.2, 0) is 6.42 Å². The van der Waals surface area contributed by atoms with Gasteiger partial charge in [0.2, 0.25) is 0 Å². The van der Waals surface area contributed by atoms with Crippen molar-refractivity contribution in [1.82, 2.24) is 4.98 Å². The first kappa shape index (κ1) is 13.9. The zero-order chi connectivity index (χ0) is 16.0. The fraction of sp³-hybridized carbons (Fsp3) is 0.211. The van der Waals surface area contributed by atoms with Gasteiger partial charge in [0.05, 0.1) is 7.11 Å². The molecule has 1 aromatic heterocycles. The van der Waals surface area contributed by atoms with E-state index in [-0.39, 0.29) is 5.91 Å². The van der Waals surface area contributed by atoms with Crippen molar-refractivity contribution in [3.8, 4) is 5.75 Å². The molecule has 2 heterocycles. The van der Waals surface area contributed by atoms with Crippen LogP contribution in [0, 0.1) is 6.92 Å². The molecule has 0 fully saturated rings. The molecular weight excluding hydrogens is 288 g/mol. The number of H-pyrrole nitrogens is 1. The number of aryl methyl sites for hydroxylation is 1. The molecular formula is C19H18N2O2. The Balaban J connectivity index is 1.77. The summed E-state index contributed by atoms with van der Waals surface area (Å²) >= 11 is 0. The van der Waals surface area contributed by atoms with E-state index in [4.69, 9.17) is 4.74 Å². The Hall–Kier alpha value is -2.75. The first-order chi connectivity index (χ1) is 11.2. The molecule has 4 rings (SSSR count). The van der Waals surface area contributed by atoms with E-state index < -0.39 is 0 Å². The van der Waals surface area contributed by atoms with Crippen molar-refractivity contribution in [2.24, 2.45) is 0 Å². The van der Waals surface area contributed by atoms with Gasteiger partial charge in [0.1, 0.15) is 11.4 Å². The minimum absolute atomic E-state index is 0.0302. The van der Waals surface area contributed by atoms with Crippen molar-refractivity contribution in [2.45, 2.75) is 13.3 Å². The Morgan fingerprint density at radius 3 is 2.87 bits per heavy atom. The highest BCUT2D eigenvalue weighted by Gasteiger charge is 2.27. The molecule has 4 nitrogen and oxygen atoms in total. The van der Waals surface area contributed by atoms with Crippen molar-refractivity contribution < 1.29 is 9.53 Å². The molecule has 0 bridgehead atoms. The summed E-state index contributed by atoms with van der Waals surface area (Å²) in [5.74, 6) is 0.812. The molecule has 0 unspecified atom stereocenters. The normalized spacial score (nSPS) is 13.4. The van der Waals surface area contributed by atoms with Crippen molar-refractivity contribution >= 4 is 22.5 Å². The predicted octanol–water partition coefficient (Wildman–Crippen LogP) is 3.69. The van der Waals surface area contributed by atoms with Gasteiger partial charge in [-0.05, 0) is 42.7 Å². The van der Waals surface area contributed by atoms with Gasteiger partial charge in [0.25, 0.3) is 5.91 Å². The lowest BCUT2D eigenvalue weighted by Crippen LogP contribution is -2.29. The van der Waals surface area contributed by atoms with Gasteiger partial charge in [-0.1, -0.05) is 18.2 Å². The van der Waals surface area contributed by atoms with Crippen LogP contribution in [0.4, 0.5) is 5.69 Å². The number of hydrogen-bond donors (Lipinski definition) is 1. The number of hydrogen-bond acceptors (Lipinski definition) is 2. The Labute approximate surface area is 134 Å². The van der Waals surface area contributed by atoms with Gasteiger partial charge < -0.3 is 14.6 Å². The van der Waals surface area contributed by atoms with Crippen LogP contribution in [0.25, 0.3) is 10.9 Å². The third kappa shape index (κ3) is 2.10. The number of fused-ring (bicyclic) bond motifs is 2. The number of aromatic nitrogens is 1. The maximum atomic E-state index is 13.0. The highest BCUT2D eigenvalue weighted by molar-refractivity contribution is 6.10. The summed E-state index contributed by atoms with van der Waals surface area (Å²) in [4.78, 5) is 18.2. The molecule has 1 aliphatic heterocycles. The van der Waals surface area contributed by atoms with Crippen LogP contribution in [0.1, 0.15) is 21.6 Å². The number of carbonyl (C=O) groups is 1. The van der Waals surface area contributed by atoms with E-state index in [9.17, 15) is 4.79 Å². The minimum atomic E-state index is 0.0302. The number of nitrogens with one attached hydrogen (secondary N) is 1. The second-order valence-corrected chi connectivity index (χ2v) is 5.87. The maximum absolute atomic E-state index is 13.0. The summed E-state index contributed by atoms with van der Waals surface area (Å²) in [5, 5.41) is 1.06. The van der Waals surface area contributed by atoms with Gasteiger partial charge in [-0.15, -0.1) is 0 Å². The van der Waals surface area contributed by atoms with E-state index in [1.54, 1.807) is 7.11 Å². The van der Waals surface area contributed by atoms with E-state index in [0.29, 0.717) is 5.69 Å². The molecule has 0 saturated carbocycles. The van der Waals surface area contributed by atoms with Gasteiger partial charge in [0, 0.05) is 29.2 Å². The molecule has 0 atom stereocenters. The molecule has 1 N–H and O–H groups in total. The third-order valence-corrected chi connectivity index (χ3v) is 4.61. The fourth-order valence-electron chi connectivity index (χ4n) is 3.34. The highest BCUT2D eigenvalue weighted by Crippen LogP contribution is 2.31. The lowest BCUT2D eigenvalue weighted by Gasteiger charge is -2.17. The average Bonchev–Trinajstić information content (AvgIpc) is 3.15. The fourth-order valence-corrected chi connectivity index (χ4v) is 3.34. The van der Waals surface area contributed by atoms with Crippen LogP contribution in [0.15, 0.2) is 42.5 Å². The Morgan fingerprint density at radius 1 is 1.22 bits per heavy atom. The summed E-state index contributed by atoms with van der Waals surface area (Å²) < 4.78 is 5.26. The Morgan fingerprint density at radius 2 is 2.04 bits per heavy atom. The number of amides is 1. The van der Waals surface area contributed by atoms with Crippen molar-refractivity contribution in [3.05, 3.63) is 59.3 Å². The van der Waals surface area contributed by atoms with Crippen molar-refractivity contribution in [3.63, 3.8) is 0 Å². The van der Waals surface area contributed by atoms with Crippen molar-refractivity contribution in [1.29, 1.82) is 0 Å². The molecule has 2 aromatic carbocycles. The van der Waals surface area contributed by atoms with Gasteiger partial charge in [-0.25, -0.2) is 0 Å². The maximum Gasteiger partial charge on any atom is 0.275 e. The molecule has 0 saturated heterocycles. The quantitative estimate of drug-likeness (QED) is 0.785. The summed E-state index contributed by atoms with van der Waals surface area (Å²) in [6.45, 7) is 2.72. The lowest BCUT2D eigenvalue weighted by molar-refractivity contribution is 0.0985. The summed E-state index contributed by atoms with van der Waals surface area (Å²) in [6, 6.07) is 13.9. The molecule has 4 heteroatoms. The molecule has 0 spiro atoms. The number of aromatic amines is 1. The predicted molar refractivity (Wildman–Crippen MR) is 91.4 cm³/mol. The van der Waals surface area contributed by atoms with Crippen molar-refractivity contribution in [2.75, 3.05) is 18.6 Å². The zero-order valence-corrected chi connectivity index (χ0v) is 13.2. The number of ether oxygens (including phenoxy) is 1. The van der Waals surface area contributed by atoms with E-state index in [2.05, 4.69) is 11.1 Å². The molecule has 116 valence electrons. The summed E-state index contributed by atoms with van der Waals surface area (Å²) in [5.41, 5.74) is 4.82. The van der Waals surface area contributed by atoms with Gasteiger partial charge in [-0.3, -0.25) is 4.79 Å². The molecule has 0 radical (unpaired) electrons. The van der Waals surface area contributed by atoms with Gasteiger partial charge in [0.15, 0.2) is 0 Å². The van der Waals surface area contributed by atoms with Crippen LogP contribution in [0.3, 0.4) is 0 Å². The molecule has 0 aliphatic carbocycles. The number of anilines is 1. The first-order valence-corrected chi connectivity index (χ1v) is 7.75. The van der Waals surface area contributed by atoms with E-state index >= 15 is 0 Å². The summed E-state index contributed by atoms with van der Waals surface area (Å²) in [6.07, 6.45) is 0.912. The number of benzene rings is 2. The highest BCUT2D eigenvalue weighted by atomic mass is 16.5. The second kappa shape index (κ2) is 5.16.